The Morgan fingerprint density at radius 2 is 2.10 bits per heavy atom. The third-order valence-corrected chi connectivity index (χ3v) is 5.11. The highest BCUT2D eigenvalue weighted by Crippen LogP contribution is 2.17. The summed E-state index contributed by atoms with van der Waals surface area (Å²) in [6.07, 6.45) is 0. The highest BCUT2D eigenvalue weighted by Gasteiger charge is 2.23. The van der Waals surface area contributed by atoms with Crippen LogP contribution in [0.1, 0.15) is 15.4 Å². The van der Waals surface area contributed by atoms with Gasteiger partial charge < -0.3 is 9.73 Å². The van der Waals surface area contributed by atoms with Gasteiger partial charge in [-0.2, -0.15) is 0 Å². The number of sulfonamides is 1. The Hall–Kier alpha value is -1.64. The number of furan rings is 1. The maximum absolute atomic E-state index is 11.8. The van der Waals surface area contributed by atoms with Gasteiger partial charge in [0, 0.05) is 19.0 Å². The smallest absolute Gasteiger partial charge is 0.287 e. The number of hydrogen-bond acceptors (Lipinski definition) is 5. The molecule has 0 fully saturated rings. The van der Waals surface area contributed by atoms with Crippen molar-refractivity contribution in [1.82, 2.24) is 9.62 Å². The summed E-state index contributed by atoms with van der Waals surface area (Å²) in [5.74, 6) is -0.472. The van der Waals surface area contributed by atoms with Gasteiger partial charge in [-0.1, -0.05) is 6.07 Å². The molecule has 1 N–H and O–H groups in total. The fourth-order valence-electron chi connectivity index (χ4n) is 1.43. The van der Waals surface area contributed by atoms with Crippen molar-refractivity contribution < 1.29 is 17.6 Å². The number of nitrogens with one attached hydrogen (secondary N) is 1. The van der Waals surface area contributed by atoms with Gasteiger partial charge in [-0.25, -0.2) is 12.7 Å². The first-order chi connectivity index (χ1) is 9.41. The molecule has 1 amide bonds. The van der Waals surface area contributed by atoms with Crippen molar-refractivity contribution in [1.29, 1.82) is 0 Å². The van der Waals surface area contributed by atoms with Gasteiger partial charge in [-0.15, -0.1) is 11.3 Å². The van der Waals surface area contributed by atoms with E-state index in [1.165, 1.54) is 37.6 Å². The molecule has 0 aliphatic rings. The van der Waals surface area contributed by atoms with Crippen LogP contribution < -0.4 is 5.32 Å². The van der Waals surface area contributed by atoms with Gasteiger partial charge in [-0.3, -0.25) is 4.79 Å². The monoisotopic (exact) mass is 314 g/mol. The summed E-state index contributed by atoms with van der Waals surface area (Å²) in [5.41, 5.74) is 0. The molecule has 0 saturated carbocycles. The molecule has 2 aromatic heterocycles. The van der Waals surface area contributed by atoms with Crippen LogP contribution in [0.25, 0.3) is 0 Å². The molecule has 0 atom stereocenters. The summed E-state index contributed by atoms with van der Waals surface area (Å²) >= 11 is 1.53. The molecule has 6 nitrogen and oxygen atoms in total. The molecule has 0 radical (unpaired) electrons. The van der Waals surface area contributed by atoms with Crippen LogP contribution in [-0.4, -0.2) is 32.7 Å². The molecule has 0 unspecified atom stereocenters. The number of thiophene rings is 1. The van der Waals surface area contributed by atoms with Gasteiger partial charge >= 0.3 is 0 Å². The topological polar surface area (TPSA) is 79.6 Å². The van der Waals surface area contributed by atoms with Crippen molar-refractivity contribution in [3.05, 3.63) is 40.3 Å². The van der Waals surface area contributed by atoms with E-state index >= 15 is 0 Å². The molecule has 2 aromatic rings. The Balaban J connectivity index is 2.07. The van der Waals surface area contributed by atoms with Crippen molar-refractivity contribution in [2.75, 3.05) is 14.1 Å². The van der Waals surface area contributed by atoms with Crippen LogP contribution in [0.2, 0.25) is 0 Å². The van der Waals surface area contributed by atoms with Crippen molar-refractivity contribution in [2.45, 2.75) is 11.6 Å². The fraction of sp³-hybridized carbons (Fsp3) is 0.250. The molecule has 108 valence electrons. The fourth-order valence-corrected chi connectivity index (χ4v) is 2.87. The van der Waals surface area contributed by atoms with Gasteiger partial charge in [0.2, 0.25) is 5.09 Å². The minimum absolute atomic E-state index is 0.0259. The van der Waals surface area contributed by atoms with Crippen molar-refractivity contribution in [3.63, 3.8) is 0 Å². The lowest BCUT2D eigenvalue weighted by Gasteiger charge is -2.07. The summed E-state index contributed by atoms with van der Waals surface area (Å²) in [4.78, 5) is 12.8. The Labute approximate surface area is 121 Å². The lowest BCUT2D eigenvalue weighted by molar-refractivity contribution is 0.0918. The number of hydrogen-bond donors (Lipinski definition) is 1. The molecule has 0 aliphatic carbocycles. The van der Waals surface area contributed by atoms with E-state index < -0.39 is 15.9 Å². The van der Waals surface area contributed by atoms with Crippen molar-refractivity contribution >= 4 is 27.3 Å². The zero-order valence-corrected chi connectivity index (χ0v) is 12.6. The van der Waals surface area contributed by atoms with Crippen LogP contribution in [0.4, 0.5) is 0 Å². The van der Waals surface area contributed by atoms with Gasteiger partial charge in [-0.05, 0) is 23.6 Å². The first-order valence-electron chi connectivity index (χ1n) is 5.74. The average Bonchev–Trinajstić information content (AvgIpc) is 3.07. The molecule has 2 rings (SSSR count). The van der Waals surface area contributed by atoms with Crippen molar-refractivity contribution in [2.24, 2.45) is 0 Å². The summed E-state index contributed by atoms with van der Waals surface area (Å²) in [6.45, 7) is 0.382. The summed E-state index contributed by atoms with van der Waals surface area (Å²) in [6, 6.07) is 6.41. The van der Waals surface area contributed by atoms with Gasteiger partial charge in [0.15, 0.2) is 5.76 Å². The summed E-state index contributed by atoms with van der Waals surface area (Å²) in [5, 5.41) is 4.33. The third-order valence-electron chi connectivity index (χ3n) is 2.54. The highest BCUT2D eigenvalue weighted by molar-refractivity contribution is 7.88. The van der Waals surface area contributed by atoms with Gasteiger partial charge in [0.25, 0.3) is 15.9 Å². The zero-order chi connectivity index (χ0) is 14.8. The van der Waals surface area contributed by atoms with Crippen LogP contribution in [-0.2, 0) is 16.6 Å². The Morgan fingerprint density at radius 3 is 2.70 bits per heavy atom. The van der Waals surface area contributed by atoms with E-state index in [1.807, 2.05) is 17.5 Å². The minimum atomic E-state index is -3.66. The lowest BCUT2D eigenvalue weighted by Crippen LogP contribution is -2.23. The number of nitrogens with zero attached hydrogens (tertiary/aromatic N) is 1. The number of carbonyl (C=O) groups excluding carboxylic acids is 1. The third kappa shape index (κ3) is 3.09. The van der Waals surface area contributed by atoms with Gasteiger partial charge in [0.1, 0.15) is 0 Å². The molecule has 20 heavy (non-hydrogen) atoms. The van der Waals surface area contributed by atoms with E-state index in [-0.39, 0.29) is 10.9 Å². The predicted octanol–water partition coefficient (Wildman–Crippen LogP) is 1.52. The van der Waals surface area contributed by atoms with E-state index in [1.54, 1.807) is 0 Å². The largest absolute Gasteiger partial charge is 0.438 e. The molecule has 0 aliphatic heterocycles. The second-order valence-electron chi connectivity index (χ2n) is 4.17. The molecule has 8 heteroatoms. The lowest BCUT2D eigenvalue weighted by atomic mass is 10.4. The first-order valence-corrected chi connectivity index (χ1v) is 8.06. The van der Waals surface area contributed by atoms with Crippen LogP contribution in [0.5, 0.6) is 0 Å². The second kappa shape index (κ2) is 5.78. The van der Waals surface area contributed by atoms with E-state index in [0.29, 0.717) is 6.54 Å². The normalized spacial score (nSPS) is 11.8. The number of carbonyl (C=O) groups is 1. The average molecular weight is 314 g/mol. The molecular weight excluding hydrogens is 300 g/mol. The zero-order valence-electron chi connectivity index (χ0n) is 11.0. The van der Waals surface area contributed by atoms with Crippen LogP contribution in [0, 0.1) is 0 Å². The molecule has 0 aromatic carbocycles. The maximum Gasteiger partial charge on any atom is 0.287 e. The molecule has 0 spiro atoms. The van der Waals surface area contributed by atoms with Crippen LogP contribution in [0.15, 0.2) is 39.2 Å². The second-order valence-corrected chi connectivity index (χ2v) is 7.28. The number of rotatable bonds is 5. The summed E-state index contributed by atoms with van der Waals surface area (Å²) in [7, 11) is -0.865. The predicted molar refractivity (Wildman–Crippen MR) is 75.1 cm³/mol. The van der Waals surface area contributed by atoms with Crippen molar-refractivity contribution in [3.8, 4) is 0 Å². The minimum Gasteiger partial charge on any atom is -0.438 e. The molecular formula is C12H14N2O4S2. The van der Waals surface area contributed by atoms with Gasteiger partial charge in [0.05, 0.1) is 6.54 Å². The maximum atomic E-state index is 11.8. The molecule has 0 saturated heterocycles. The Kier molecular flexibility index (Phi) is 4.26. The molecule has 0 bridgehead atoms. The van der Waals surface area contributed by atoms with Crippen LogP contribution >= 0.6 is 11.3 Å². The quantitative estimate of drug-likeness (QED) is 0.907. The van der Waals surface area contributed by atoms with E-state index in [9.17, 15) is 13.2 Å². The van der Waals surface area contributed by atoms with E-state index in [2.05, 4.69) is 5.32 Å². The van der Waals surface area contributed by atoms with Crippen LogP contribution in [0.3, 0.4) is 0 Å². The SMILES string of the molecule is CN(C)S(=O)(=O)c1ccc(C(=O)NCc2cccs2)o1. The standard InChI is InChI=1S/C12H14N2O4S2/c1-14(2)20(16,17)11-6-5-10(18-11)12(15)13-8-9-4-3-7-19-9/h3-7H,8H2,1-2H3,(H,13,15). The number of amides is 1. The Morgan fingerprint density at radius 1 is 1.35 bits per heavy atom. The van der Waals surface area contributed by atoms with E-state index in [4.69, 9.17) is 4.42 Å². The Bertz CT molecular complexity index is 687. The first kappa shape index (κ1) is 14.8. The van der Waals surface area contributed by atoms with E-state index in [0.717, 1.165) is 9.18 Å². The highest BCUT2D eigenvalue weighted by atomic mass is 32.2. The molecule has 2 heterocycles. The summed E-state index contributed by atoms with van der Waals surface area (Å²) < 4.78 is 29.8.